The number of amides is 1. The Labute approximate surface area is 222 Å². The zero-order chi connectivity index (χ0) is 25.8. The smallest absolute Gasteiger partial charge is 0.219 e. The highest BCUT2D eigenvalue weighted by Crippen LogP contribution is 2.35. The van der Waals surface area contributed by atoms with E-state index in [2.05, 4.69) is 58.1 Å². The number of nitrogens with one attached hydrogen (secondary N) is 1. The minimum Gasteiger partial charge on any atom is -0.356 e. The van der Waals surface area contributed by atoms with Crippen LogP contribution in [0.15, 0.2) is 48.8 Å². The molecule has 0 radical (unpaired) electrons. The molecule has 0 spiro atoms. The zero-order valence-electron chi connectivity index (χ0n) is 22.0. The van der Waals surface area contributed by atoms with Gasteiger partial charge in [0, 0.05) is 81.5 Å². The standard InChI is InChI=1S/C30H33N7O/c1-3-28-34-30(27-18-35(19(2)38)9-10-37(27)28)24-6-4-5-20-11-26(32-15-25(20)24)21-7-8-29(33-14-21)36-16-22-12-31-13-23(22)17-36/h4-8,11,14-15,22-23,31H,3,9-10,12-13,16-18H2,1-2H3/t22-,23?/m0/s1. The normalized spacial score (nSPS) is 20.7. The fourth-order valence-electron chi connectivity index (χ4n) is 6.50. The van der Waals surface area contributed by atoms with Crippen molar-refractivity contribution in [3.05, 3.63) is 60.3 Å². The number of carbonyl (C=O) groups excluding carboxylic acids is 1. The van der Waals surface area contributed by atoms with Crippen molar-refractivity contribution in [3.63, 3.8) is 0 Å². The summed E-state index contributed by atoms with van der Waals surface area (Å²) in [6.07, 6.45) is 4.78. The minimum absolute atomic E-state index is 0.106. The summed E-state index contributed by atoms with van der Waals surface area (Å²) < 4.78 is 2.30. The van der Waals surface area contributed by atoms with Gasteiger partial charge in [0.1, 0.15) is 11.6 Å². The lowest BCUT2D eigenvalue weighted by Crippen LogP contribution is -2.37. The number of hydrogen-bond donors (Lipinski definition) is 1. The van der Waals surface area contributed by atoms with Gasteiger partial charge in [-0.1, -0.05) is 25.1 Å². The number of carbonyl (C=O) groups is 1. The quantitative estimate of drug-likeness (QED) is 0.453. The van der Waals surface area contributed by atoms with Crippen LogP contribution in [0.25, 0.3) is 33.3 Å². The Kier molecular flexibility index (Phi) is 5.65. The Morgan fingerprint density at radius 2 is 1.89 bits per heavy atom. The van der Waals surface area contributed by atoms with Gasteiger partial charge in [0.15, 0.2) is 0 Å². The van der Waals surface area contributed by atoms with Crippen molar-refractivity contribution in [1.82, 2.24) is 29.7 Å². The van der Waals surface area contributed by atoms with Crippen LogP contribution in [0.1, 0.15) is 25.4 Å². The van der Waals surface area contributed by atoms with Gasteiger partial charge in [-0.25, -0.2) is 9.97 Å². The molecule has 3 aliphatic rings. The number of imidazole rings is 1. The molecule has 38 heavy (non-hydrogen) atoms. The maximum absolute atomic E-state index is 12.1. The average molecular weight is 508 g/mol. The molecule has 6 heterocycles. The first-order chi connectivity index (χ1) is 18.6. The van der Waals surface area contributed by atoms with Crippen molar-refractivity contribution in [2.75, 3.05) is 37.6 Å². The van der Waals surface area contributed by atoms with Crippen LogP contribution in [0.4, 0.5) is 5.82 Å². The number of aryl methyl sites for hydroxylation is 1. The number of anilines is 1. The first kappa shape index (κ1) is 23.3. The van der Waals surface area contributed by atoms with Crippen LogP contribution >= 0.6 is 0 Å². The molecular weight excluding hydrogens is 474 g/mol. The molecule has 3 aliphatic heterocycles. The van der Waals surface area contributed by atoms with Crippen molar-refractivity contribution in [1.29, 1.82) is 0 Å². The second-order valence-corrected chi connectivity index (χ2v) is 10.9. The molecule has 2 atom stereocenters. The Morgan fingerprint density at radius 3 is 2.63 bits per heavy atom. The van der Waals surface area contributed by atoms with E-state index in [0.717, 1.165) is 108 Å². The van der Waals surface area contributed by atoms with Gasteiger partial charge in [-0.15, -0.1) is 0 Å². The molecule has 3 aromatic heterocycles. The number of pyridine rings is 2. The summed E-state index contributed by atoms with van der Waals surface area (Å²) in [4.78, 5) is 31.2. The first-order valence-corrected chi connectivity index (χ1v) is 13.7. The molecule has 0 bridgehead atoms. The number of benzene rings is 1. The Morgan fingerprint density at radius 1 is 1.05 bits per heavy atom. The van der Waals surface area contributed by atoms with Crippen molar-refractivity contribution in [2.24, 2.45) is 11.8 Å². The molecule has 7 rings (SSSR count). The summed E-state index contributed by atoms with van der Waals surface area (Å²) in [5.41, 5.74) is 5.08. The predicted octanol–water partition coefficient (Wildman–Crippen LogP) is 3.74. The van der Waals surface area contributed by atoms with Crippen molar-refractivity contribution in [3.8, 4) is 22.5 Å². The summed E-state index contributed by atoms with van der Waals surface area (Å²) in [6, 6.07) is 12.8. The molecule has 8 heteroatoms. The largest absolute Gasteiger partial charge is 0.356 e. The number of aromatic nitrogens is 4. The fraction of sp³-hybridized carbons (Fsp3) is 0.400. The van der Waals surface area contributed by atoms with E-state index in [9.17, 15) is 4.79 Å². The van der Waals surface area contributed by atoms with Crippen LogP contribution in [0.3, 0.4) is 0 Å². The van der Waals surface area contributed by atoms with Gasteiger partial charge in [0.2, 0.25) is 5.91 Å². The average Bonchev–Trinajstić information content (AvgIpc) is 3.66. The van der Waals surface area contributed by atoms with E-state index in [1.54, 1.807) is 6.92 Å². The summed E-state index contributed by atoms with van der Waals surface area (Å²) in [5.74, 6) is 3.72. The lowest BCUT2D eigenvalue weighted by molar-refractivity contribution is -0.130. The van der Waals surface area contributed by atoms with E-state index in [1.165, 1.54) is 0 Å². The van der Waals surface area contributed by atoms with Crippen LogP contribution < -0.4 is 10.2 Å². The lowest BCUT2D eigenvalue weighted by Gasteiger charge is -2.28. The van der Waals surface area contributed by atoms with Crippen LogP contribution in [-0.4, -0.2) is 63.0 Å². The highest BCUT2D eigenvalue weighted by molar-refractivity contribution is 5.97. The second-order valence-electron chi connectivity index (χ2n) is 10.9. The first-order valence-electron chi connectivity index (χ1n) is 13.7. The monoisotopic (exact) mass is 507 g/mol. The number of fused-ring (bicyclic) bond motifs is 3. The van der Waals surface area contributed by atoms with Gasteiger partial charge in [0.25, 0.3) is 0 Å². The predicted molar refractivity (Wildman–Crippen MR) is 149 cm³/mol. The van der Waals surface area contributed by atoms with Crippen LogP contribution in [0.5, 0.6) is 0 Å². The molecule has 2 fully saturated rings. The number of hydrogen-bond acceptors (Lipinski definition) is 6. The summed E-state index contributed by atoms with van der Waals surface area (Å²) in [6.45, 7) is 10.3. The van der Waals surface area contributed by atoms with Crippen LogP contribution in [-0.2, 0) is 24.3 Å². The van der Waals surface area contributed by atoms with E-state index in [-0.39, 0.29) is 5.91 Å². The third kappa shape index (κ3) is 3.86. The molecule has 1 aromatic carbocycles. The number of nitrogens with zero attached hydrogens (tertiary/aromatic N) is 6. The molecule has 8 nitrogen and oxygen atoms in total. The third-order valence-corrected chi connectivity index (χ3v) is 8.62. The van der Waals surface area contributed by atoms with Crippen molar-refractivity contribution < 1.29 is 4.79 Å². The maximum atomic E-state index is 12.1. The Bertz CT molecular complexity index is 1510. The van der Waals surface area contributed by atoms with Crippen LogP contribution in [0, 0.1) is 11.8 Å². The van der Waals surface area contributed by atoms with Gasteiger partial charge in [0.05, 0.1) is 23.6 Å². The SMILES string of the molecule is CCc1nc(-c2cccc3cc(-c4ccc(N5CC6CNC[C@H]6C5)nc4)ncc23)c2n1CCN(C(C)=O)C2. The van der Waals surface area contributed by atoms with E-state index < -0.39 is 0 Å². The fourth-order valence-corrected chi connectivity index (χ4v) is 6.50. The molecular formula is C30H33N7O. The van der Waals surface area contributed by atoms with Gasteiger partial charge < -0.3 is 19.7 Å². The maximum Gasteiger partial charge on any atom is 0.219 e. The number of rotatable bonds is 4. The van der Waals surface area contributed by atoms with Gasteiger partial charge in [-0.3, -0.25) is 9.78 Å². The molecule has 194 valence electrons. The van der Waals surface area contributed by atoms with E-state index in [0.29, 0.717) is 6.54 Å². The van der Waals surface area contributed by atoms with E-state index >= 15 is 0 Å². The molecule has 4 aromatic rings. The third-order valence-electron chi connectivity index (χ3n) is 8.62. The molecule has 1 amide bonds. The second kappa shape index (κ2) is 9.20. The Balaban J connectivity index is 1.21. The summed E-state index contributed by atoms with van der Waals surface area (Å²) in [5, 5.41) is 5.70. The minimum atomic E-state index is 0.106. The molecule has 2 saturated heterocycles. The molecule has 0 saturated carbocycles. The summed E-state index contributed by atoms with van der Waals surface area (Å²) in [7, 11) is 0. The van der Waals surface area contributed by atoms with Gasteiger partial charge >= 0.3 is 0 Å². The zero-order valence-corrected chi connectivity index (χ0v) is 22.0. The van der Waals surface area contributed by atoms with Crippen molar-refractivity contribution >= 4 is 22.5 Å². The summed E-state index contributed by atoms with van der Waals surface area (Å²) >= 11 is 0. The highest BCUT2D eigenvalue weighted by atomic mass is 16.2. The van der Waals surface area contributed by atoms with Crippen molar-refractivity contribution in [2.45, 2.75) is 33.4 Å². The van der Waals surface area contributed by atoms with Gasteiger partial charge in [-0.2, -0.15) is 0 Å². The molecule has 1 unspecified atom stereocenters. The molecule has 1 N–H and O–H groups in total. The van der Waals surface area contributed by atoms with Gasteiger partial charge in [-0.05, 0) is 35.4 Å². The highest BCUT2D eigenvalue weighted by Gasteiger charge is 2.36. The lowest BCUT2D eigenvalue weighted by atomic mass is 10.0. The van der Waals surface area contributed by atoms with Crippen LogP contribution in [0.2, 0.25) is 0 Å². The topological polar surface area (TPSA) is 79.2 Å². The van der Waals surface area contributed by atoms with E-state index in [1.807, 2.05) is 17.3 Å². The van der Waals surface area contributed by atoms with E-state index in [4.69, 9.17) is 15.0 Å². The Hall–Kier alpha value is -3.78. The molecule has 0 aliphatic carbocycles.